The Morgan fingerprint density at radius 2 is 1.44 bits per heavy atom. The second-order valence-corrected chi connectivity index (χ2v) is 18.0. The van der Waals surface area contributed by atoms with Gasteiger partial charge in [-0.05, 0) is 56.6 Å². The summed E-state index contributed by atoms with van der Waals surface area (Å²) in [6.07, 6.45) is -0.533. The smallest absolute Gasteiger partial charge is 0.329 e. The zero-order chi connectivity index (χ0) is 39.1. The highest BCUT2D eigenvalue weighted by Gasteiger charge is 2.47. The Balaban J connectivity index is 2.51. The number of nitrogens with one attached hydrogen (secondary N) is 1. The van der Waals surface area contributed by atoms with E-state index in [4.69, 9.17) is 22.1 Å². The first kappa shape index (κ1) is 44.2. The molecular weight excluding hydrogens is 725 g/mol. The minimum absolute atomic E-state index is 0.00580. The summed E-state index contributed by atoms with van der Waals surface area (Å²) in [6.45, 7) is 8.47. The van der Waals surface area contributed by atoms with E-state index in [1.807, 2.05) is 36.4 Å². The number of esters is 1. The van der Waals surface area contributed by atoms with Crippen LogP contribution in [-0.4, -0.2) is 65.2 Å². The average Bonchev–Trinajstić information content (AvgIpc) is 3.07. The van der Waals surface area contributed by atoms with Gasteiger partial charge in [-0.2, -0.15) is 5.26 Å². The topological polar surface area (TPSA) is 191 Å². The Kier molecular flexibility index (Phi) is 17.3. The molecule has 0 fully saturated rings. The van der Waals surface area contributed by atoms with Gasteiger partial charge in [0.25, 0.3) is 0 Å². The highest BCUT2D eigenvalue weighted by Crippen LogP contribution is 2.48. The van der Waals surface area contributed by atoms with Crippen LogP contribution in [0.2, 0.25) is 0 Å². The summed E-state index contributed by atoms with van der Waals surface area (Å²) >= 11 is 7.70. The lowest BCUT2D eigenvalue weighted by Crippen LogP contribution is -2.49. The summed E-state index contributed by atoms with van der Waals surface area (Å²) < 4.78 is 4.92. The van der Waals surface area contributed by atoms with Gasteiger partial charge in [-0.1, -0.05) is 86.7 Å². The molecule has 14 heteroatoms. The predicted molar refractivity (Wildman–Crippen MR) is 206 cm³/mol. The highest BCUT2D eigenvalue weighted by atomic mass is 32.2. The van der Waals surface area contributed by atoms with Crippen molar-refractivity contribution < 1.29 is 44.0 Å². The van der Waals surface area contributed by atoms with Crippen molar-refractivity contribution in [1.29, 1.82) is 5.26 Å². The molecule has 0 aromatic heterocycles. The highest BCUT2D eigenvalue weighted by molar-refractivity contribution is 8.47. The standard InChI is InChI=1S/C38H48N2O9S3/c1-36(2,38(5,24-39)18-16-30(41)42)22-27(21-28(33(46)47)37(3,4)52-35(50)51-19-17-31(43)44)32(45)40-29(20-25-12-8-6-9-13-25)34(48)49-23-26-14-10-7-11-15-26/h6-15,27-29H,16-23H2,1-5H3,(H,40,45)(H,41,42)(H,43,44)(H,46,47). The fraction of sp³-hybridized carbons (Fsp3) is 0.500. The average molecular weight is 773 g/mol. The number of ether oxygens (including phenoxy) is 1. The Morgan fingerprint density at radius 1 is 0.885 bits per heavy atom. The minimum atomic E-state index is -1.21. The van der Waals surface area contributed by atoms with Crippen LogP contribution < -0.4 is 5.32 Å². The third kappa shape index (κ3) is 14.2. The monoisotopic (exact) mass is 772 g/mol. The molecule has 2 aromatic rings. The maximum absolute atomic E-state index is 14.4. The molecule has 4 atom stereocenters. The lowest BCUT2D eigenvalue weighted by Gasteiger charge is -2.42. The van der Waals surface area contributed by atoms with Crippen molar-refractivity contribution in [1.82, 2.24) is 5.32 Å². The molecule has 0 aliphatic carbocycles. The number of benzene rings is 2. The summed E-state index contributed by atoms with van der Waals surface area (Å²) in [4.78, 5) is 63.4. The number of carboxylic acids is 3. The molecule has 4 unspecified atom stereocenters. The maximum atomic E-state index is 14.4. The van der Waals surface area contributed by atoms with Crippen LogP contribution in [0, 0.1) is 34.0 Å². The van der Waals surface area contributed by atoms with E-state index >= 15 is 0 Å². The Bertz CT molecular complexity index is 1600. The quantitative estimate of drug-likeness (QED) is 0.0752. The van der Waals surface area contributed by atoms with Gasteiger partial charge in [0, 0.05) is 29.3 Å². The number of thioether (sulfide) groups is 2. The van der Waals surface area contributed by atoms with Gasteiger partial charge in [-0.25, -0.2) is 4.79 Å². The van der Waals surface area contributed by atoms with Crippen LogP contribution in [0.15, 0.2) is 60.7 Å². The number of carbonyl (C=O) groups excluding carboxylic acids is 2. The van der Waals surface area contributed by atoms with Crippen molar-refractivity contribution in [3.63, 3.8) is 0 Å². The van der Waals surface area contributed by atoms with Crippen LogP contribution in [-0.2, 0) is 41.7 Å². The molecule has 1 amide bonds. The third-order valence-electron chi connectivity index (χ3n) is 9.35. The molecule has 0 aliphatic heterocycles. The van der Waals surface area contributed by atoms with Gasteiger partial charge in [0.15, 0.2) is 0 Å². The molecule has 4 N–H and O–H groups in total. The molecule has 0 spiro atoms. The fourth-order valence-electron chi connectivity index (χ4n) is 5.69. The van der Waals surface area contributed by atoms with Gasteiger partial charge in [0.2, 0.25) is 5.91 Å². The van der Waals surface area contributed by atoms with E-state index in [1.165, 1.54) is 0 Å². The fourth-order valence-corrected chi connectivity index (χ4v) is 8.93. The normalized spacial score (nSPS) is 14.5. The molecule has 0 aliphatic rings. The van der Waals surface area contributed by atoms with Crippen LogP contribution in [0.5, 0.6) is 0 Å². The van der Waals surface area contributed by atoms with Gasteiger partial charge >= 0.3 is 23.9 Å². The predicted octanol–water partition coefficient (Wildman–Crippen LogP) is 6.98. The van der Waals surface area contributed by atoms with Gasteiger partial charge in [0.05, 0.1) is 23.8 Å². The second-order valence-electron chi connectivity index (χ2n) is 14.0. The summed E-state index contributed by atoms with van der Waals surface area (Å²) in [7, 11) is 0. The number of carboxylic acid groups (broad SMARTS) is 3. The zero-order valence-corrected chi connectivity index (χ0v) is 32.6. The molecular formula is C38H48N2O9S3. The van der Waals surface area contributed by atoms with E-state index in [-0.39, 0.29) is 50.9 Å². The number of hydrogen-bond acceptors (Lipinski definition) is 10. The number of aliphatic carboxylic acids is 3. The lowest BCUT2D eigenvalue weighted by molar-refractivity contribution is -0.150. The molecule has 0 bridgehead atoms. The zero-order valence-electron chi connectivity index (χ0n) is 30.1. The van der Waals surface area contributed by atoms with E-state index in [2.05, 4.69) is 11.4 Å². The van der Waals surface area contributed by atoms with Crippen molar-refractivity contribution in [3.05, 3.63) is 71.8 Å². The number of nitriles is 1. The van der Waals surface area contributed by atoms with Crippen molar-refractivity contribution >= 4 is 69.1 Å². The molecule has 11 nitrogen and oxygen atoms in total. The van der Waals surface area contributed by atoms with E-state index < -0.39 is 63.2 Å². The molecule has 0 heterocycles. The number of amides is 1. The van der Waals surface area contributed by atoms with Gasteiger partial charge in [-0.15, -0.1) is 23.5 Å². The van der Waals surface area contributed by atoms with Crippen molar-refractivity contribution in [2.75, 3.05) is 5.75 Å². The number of thiocarbonyl (C=S) groups is 1. The number of hydrogen-bond donors (Lipinski definition) is 4. The molecule has 0 saturated carbocycles. The van der Waals surface area contributed by atoms with Crippen LogP contribution in [0.3, 0.4) is 0 Å². The number of carbonyl (C=O) groups is 5. The first-order valence-electron chi connectivity index (χ1n) is 16.8. The van der Waals surface area contributed by atoms with E-state index in [1.54, 1.807) is 58.9 Å². The summed E-state index contributed by atoms with van der Waals surface area (Å²) in [6, 6.07) is 19.2. The van der Waals surface area contributed by atoms with E-state index in [0.29, 0.717) is 3.53 Å². The summed E-state index contributed by atoms with van der Waals surface area (Å²) in [5.74, 6) is -6.56. The summed E-state index contributed by atoms with van der Waals surface area (Å²) in [5.41, 5.74) is -0.709. The number of rotatable bonds is 21. The Hall–Kier alpha value is -3.93. The molecule has 2 rings (SSSR count). The van der Waals surface area contributed by atoms with Crippen LogP contribution in [0.25, 0.3) is 0 Å². The van der Waals surface area contributed by atoms with Gasteiger partial charge in [0.1, 0.15) is 16.2 Å². The van der Waals surface area contributed by atoms with Crippen molar-refractivity contribution in [2.24, 2.45) is 22.7 Å². The van der Waals surface area contributed by atoms with Crippen molar-refractivity contribution in [3.8, 4) is 6.07 Å². The Morgan fingerprint density at radius 3 is 1.96 bits per heavy atom. The molecule has 0 saturated heterocycles. The first-order chi connectivity index (χ1) is 24.3. The summed E-state index contributed by atoms with van der Waals surface area (Å²) in [5, 5.41) is 42.0. The van der Waals surface area contributed by atoms with Crippen molar-refractivity contribution in [2.45, 2.75) is 90.5 Å². The largest absolute Gasteiger partial charge is 0.481 e. The molecule has 0 radical (unpaired) electrons. The third-order valence-corrected chi connectivity index (χ3v) is 12.2. The SMILES string of the molecule is CC(C)(SC(=S)SCCC(=O)O)C(CC(CC(C)(C)C(C)(C#N)CCC(=O)O)C(=O)NC(Cc1ccccc1)C(=O)OCc1ccccc1)C(=O)O. The number of nitrogens with zero attached hydrogens (tertiary/aromatic N) is 1. The van der Waals surface area contributed by atoms with Crippen LogP contribution in [0.4, 0.5) is 0 Å². The lowest BCUT2D eigenvalue weighted by atomic mass is 9.61. The van der Waals surface area contributed by atoms with E-state index in [0.717, 1.165) is 34.7 Å². The van der Waals surface area contributed by atoms with Crippen LogP contribution in [0.1, 0.15) is 77.8 Å². The second kappa shape index (κ2) is 20.3. The molecule has 52 heavy (non-hydrogen) atoms. The molecule has 2 aromatic carbocycles. The van der Waals surface area contributed by atoms with E-state index in [9.17, 15) is 39.4 Å². The maximum Gasteiger partial charge on any atom is 0.329 e. The van der Waals surface area contributed by atoms with Gasteiger partial charge in [-0.3, -0.25) is 19.2 Å². The van der Waals surface area contributed by atoms with Gasteiger partial charge < -0.3 is 25.4 Å². The minimum Gasteiger partial charge on any atom is -0.481 e. The molecule has 282 valence electrons. The van der Waals surface area contributed by atoms with Crippen LogP contribution >= 0.6 is 35.7 Å². The first-order valence-corrected chi connectivity index (χ1v) is 19.0. The Labute approximate surface area is 319 Å².